The number of carbonyl (C=O) groups is 1. The summed E-state index contributed by atoms with van der Waals surface area (Å²) in [5.41, 5.74) is 3.24. The molecule has 0 bridgehead atoms. The summed E-state index contributed by atoms with van der Waals surface area (Å²) in [7, 11) is 0. The van der Waals surface area contributed by atoms with Gasteiger partial charge in [0.2, 0.25) is 0 Å². The number of anilines is 2. The molecule has 0 saturated heterocycles. The minimum atomic E-state index is -0.937. The first-order valence-corrected chi connectivity index (χ1v) is 14.9. The number of hydrogen-bond donors (Lipinski definition) is 3. The summed E-state index contributed by atoms with van der Waals surface area (Å²) in [6.07, 6.45) is 12.0. The van der Waals surface area contributed by atoms with Crippen LogP contribution in [0.15, 0.2) is 61.3 Å². The molecule has 0 amide bonds. The third kappa shape index (κ3) is 8.71. The highest BCUT2D eigenvalue weighted by atomic mass is 16.5. The number of aryl methyl sites for hydroxylation is 3. The van der Waals surface area contributed by atoms with Gasteiger partial charge in [0.05, 0.1) is 5.69 Å². The van der Waals surface area contributed by atoms with Gasteiger partial charge in [0.25, 0.3) is 0 Å². The minimum Gasteiger partial charge on any atom is -0.490 e. The molecule has 0 fully saturated rings. The molecule has 1 aliphatic heterocycles. The Labute approximate surface area is 251 Å². The van der Waals surface area contributed by atoms with Crippen molar-refractivity contribution in [1.82, 2.24) is 34.6 Å². The highest BCUT2D eigenvalue weighted by molar-refractivity contribution is 5.76. The second-order valence-corrected chi connectivity index (χ2v) is 10.6. The van der Waals surface area contributed by atoms with Crippen molar-refractivity contribution >= 4 is 17.6 Å². The summed E-state index contributed by atoms with van der Waals surface area (Å²) >= 11 is 0. The molecule has 0 aromatic carbocycles. The molecule has 1 atom stereocenters. The van der Waals surface area contributed by atoms with E-state index in [1.54, 1.807) is 35.4 Å². The van der Waals surface area contributed by atoms with Gasteiger partial charge in [0.15, 0.2) is 5.82 Å². The highest BCUT2D eigenvalue weighted by Crippen LogP contribution is 2.20. The lowest BCUT2D eigenvalue weighted by Crippen LogP contribution is -2.37. The van der Waals surface area contributed by atoms with Gasteiger partial charge in [-0.3, -0.25) is 9.88 Å². The lowest BCUT2D eigenvalue weighted by Gasteiger charge is -2.25. The van der Waals surface area contributed by atoms with Crippen molar-refractivity contribution in [2.75, 3.05) is 43.4 Å². The molecule has 5 heterocycles. The van der Waals surface area contributed by atoms with E-state index in [-0.39, 0.29) is 0 Å². The summed E-state index contributed by atoms with van der Waals surface area (Å²) in [6.45, 7) is 5.45. The molecule has 4 aromatic heterocycles. The minimum absolute atomic E-state index is 0.389. The van der Waals surface area contributed by atoms with Gasteiger partial charge in [-0.15, -0.1) is 0 Å². The van der Waals surface area contributed by atoms with Crippen LogP contribution in [0.4, 0.5) is 11.6 Å². The fraction of sp³-hybridized carbons (Fsp3) is 0.419. The molecule has 12 nitrogen and oxygen atoms in total. The Morgan fingerprint density at radius 2 is 2.07 bits per heavy atom. The van der Waals surface area contributed by atoms with Gasteiger partial charge >= 0.3 is 5.97 Å². The van der Waals surface area contributed by atoms with E-state index in [0.717, 1.165) is 68.1 Å². The Kier molecular flexibility index (Phi) is 10.5. The van der Waals surface area contributed by atoms with E-state index in [4.69, 9.17) is 9.72 Å². The van der Waals surface area contributed by atoms with Gasteiger partial charge in [-0.2, -0.15) is 5.10 Å². The monoisotopic (exact) mass is 585 g/mol. The predicted octanol–water partition coefficient (Wildman–Crippen LogP) is 3.78. The lowest BCUT2D eigenvalue weighted by atomic mass is 10.1. The molecule has 0 spiro atoms. The fourth-order valence-corrected chi connectivity index (χ4v) is 5.09. The molecule has 12 heteroatoms. The second-order valence-electron chi connectivity index (χ2n) is 10.6. The smallest absolute Gasteiger partial charge is 0.326 e. The molecule has 226 valence electrons. The van der Waals surface area contributed by atoms with Crippen molar-refractivity contribution in [3.8, 4) is 11.6 Å². The molecule has 43 heavy (non-hydrogen) atoms. The van der Waals surface area contributed by atoms with Gasteiger partial charge in [-0.1, -0.05) is 6.07 Å². The van der Waals surface area contributed by atoms with Crippen molar-refractivity contribution in [3.05, 3.63) is 78.3 Å². The molecular formula is C31H39N9O3. The molecule has 0 saturated carbocycles. The Morgan fingerprint density at radius 1 is 1.14 bits per heavy atom. The van der Waals surface area contributed by atoms with Gasteiger partial charge in [-0.25, -0.2) is 24.4 Å². The van der Waals surface area contributed by atoms with Crippen molar-refractivity contribution in [2.45, 2.75) is 51.5 Å². The Balaban J connectivity index is 1.17. The number of fused-ring (bicyclic) bond motifs is 1. The van der Waals surface area contributed by atoms with Crippen LogP contribution < -0.4 is 15.4 Å². The first kappa shape index (κ1) is 29.9. The van der Waals surface area contributed by atoms with Crippen molar-refractivity contribution in [3.63, 3.8) is 0 Å². The number of nitrogens with one attached hydrogen (secondary N) is 2. The van der Waals surface area contributed by atoms with Crippen molar-refractivity contribution in [2.24, 2.45) is 0 Å². The van der Waals surface area contributed by atoms with Crippen LogP contribution in [-0.2, 0) is 17.6 Å². The van der Waals surface area contributed by atoms with Crippen LogP contribution in [0.5, 0.6) is 5.75 Å². The zero-order valence-electron chi connectivity index (χ0n) is 24.5. The Morgan fingerprint density at radius 3 is 2.91 bits per heavy atom. The largest absolute Gasteiger partial charge is 0.490 e. The van der Waals surface area contributed by atoms with Gasteiger partial charge in [0, 0.05) is 50.0 Å². The third-order valence-corrected chi connectivity index (χ3v) is 7.48. The third-order valence-electron chi connectivity index (χ3n) is 7.48. The van der Waals surface area contributed by atoms with E-state index in [9.17, 15) is 9.90 Å². The molecule has 1 unspecified atom stereocenters. The molecule has 3 N–H and O–H groups in total. The average Bonchev–Trinajstić information content (AvgIpc) is 3.57. The van der Waals surface area contributed by atoms with E-state index in [0.29, 0.717) is 37.8 Å². The zero-order chi connectivity index (χ0) is 29.9. The molecular weight excluding hydrogens is 546 g/mol. The number of carboxylic acids is 1. The number of ether oxygens (including phenoxy) is 1. The van der Waals surface area contributed by atoms with Crippen LogP contribution in [0.3, 0.4) is 0 Å². The number of hydrogen-bond acceptors (Lipinski definition) is 10. The molecule has 4 aromatic rings. The van der Waals surface area contributed by atoms with E-state index in [2.05, 4.69) is 47.7 Å². The highest BCUT2D eigenvalue weighted by Gasteiger charge is 2.20. The van der Waals surface area contributed by atoms with Crippen LogP contribution in [0.1, 0.15) is 42.6 Å². The van der Waals surface area contributed by atoms with Crippen molar-refractivity contribution in [1.29, 1.82) is 0 Å². The lowest BCUT2D eigenvalue weighted by molar-refractivity contribution is -0.138. The maximum Gasteiger partial charge on any atom is 0.326 e. The second kappa shape index (κ2) is 15.1. The van der Waals surface area contributed by atoms with Crippen molar-refractivity contribution < 1.29 is 14.6 Å². The van der Waals surface area contributed by atoms with E-state index in [1.165, 1.54) is 11.9 Å². The maximum atomic E-state index is 12.2. The number of unbranched alkanes of at least 4 members (excludes halogenated alkanes) is 1. The number of aliphatic carboxylic acids is 1. The van der Waals surface area contributed by atoms with Gasteiger partial charge < -0.3 is 20.5 Å². The zero-order valence-corrected chi connectivity index (χ0v) is 24.5. The van der Waals surface area contributed by atoms with Gasteiger partial charge in [0.1, 0.15) is 36.4 Å². The Hall–Kier alpha value is -4.58. The molecule has 5 rings (SSSR count). The van der Waals surface area contributed by atoms with Crippen LogP contribution >= 0.6 is 0 Å². The van der Waals surface area contributed by atoms with E-state index in [1.807, 2.05) is 19.1 Å². The van der Waals surface area contributed by atoms with E-state index < -0.39 is 12.0 Å². The number of pyridine rings is 2. The number of carboxylic acid groups (broad SMARTS) is 1. The summed E-state index contributed by atoms with van der Waals surface area (Å²) in [5.74, 6) is 1.84. The first-order chi connectivity index (χ1) is 21.0. The number of rotatable bonds is 16. The molecule has 0 radical (unpaired) electrons. The standard InChI is InChI=1S/C31H39N9O3/c1-23-27(9-5-13-32-23)43-20-19-39(16-3-2-8-25-11-10-24-7-4-14-33-30(24)37-25)18-12-26(31(41)42)38-28-21-29(35-22-34-28)40-17-6-15-36-40/h5-6,9-11,13,15,17,21-22,26H,2-4,7-8,12,14,16,18-20H2,1H3,(H,33,37)(H,41,42)(H,34,35,38). The Bertz CT molecular complexity index is 1460. The normalized spacial score (nSPS) is 13.3. The van der Waals surface area contributed by atoms with Crippen LogP contribution in [0, 0.1) is 6.92 Å². The van der Waals surface area contributed by atoms with Crippen LogP contribution in [-0.4, -0.2) is 84.5 Å². The summed E-state index contributed by atoms with van der Waals surface area (Å²) < 4.78 is 7.62. The summed E-state index contributed by atoms with van der Waals surface area (Å²) in [6, 6.07) is 10.8. The first-order valence-electron chi connectivity index (χ1n) is 14.9. The van der Waals surface area contributed by atoms with Gasteiger partial charge in [-0.05, 0) is 81.8 Å². The number of aromatic nitrogens is 6. The maximum absolute atomic E-state index is 12.2. The summed E-state index contributed by atoms with van der Waals surface area (Å²) in [4.78, 5) is 32.0. The molecule has 0 aliphatic carbocycles. The van der Waals surface area contributed by atoms with Crippen LogP contribution in [0.25, 0.3) is 5.82 Å². The quantitative estimate of drug-likeness (QED) is 0.165. The van der Waals surface area contributed by atoms with E-state index >= 15 is 0 Å². The topological polar surface area (TPSA) is 143 Å². The van der Waals surface area contributed by atoms with Crippen LogP contribution in [0.2, 0.25) is 0 Å². The average molecular weight is 586 g/mol. The predicted molar refractivity (Wildman–Crippen MR) is 164 cm³/mol. The molecule has 1 aliphatic rings. The fourth-order valence-electron chi connectivity index (χ4n) is 5.09. The SMILES string of the molecule is Cc1ncccc1OCCN(CCCCc1ccc2c(n1)NCCC2)CCC(Nc1cc(-n2cccn2)ncn1)C(=O)O. The number of nitrogens with zero attached hydrogens (tertiary/aromatic N) is 7. The summed E-state index contributed by atoms with van der Waals surface area (Å²) in [5, 5.41) is 20.7.